The fraction of sp³-hybridized carbons (Fsp3) is 0.0769. The van der Waals surface area contributed by atoms with Crippen LogP contribution in [-0.4, -0.2) is 14.6 Å². The summed E-state index contributed by atoms with van der Waals surface area (Å²) in [5.74, 6) is 0. The normalized spacial score (nSPS) is 11.0. The van der Waals surface area contributed by atoms with Gasteiger partial charge in [-0.15, -0.1) is 0 Å². The van der Waals surface area contributed by atoms with Crippen LogP contribution in [0.25, 0.3) is 0 Å². The van der Waals surface area contributed by atoms with E-state index in [9.17, 15) is 4.80 Å². The van der Waals surface area contributed by atoms with Gasteiger partial charge in [0.1, 0.15) is 0 Å². The summed E-state index contributed by atoms with van der Waals surface area (Å²) in [6.07, 6.45) is 0.921. The van der Waals surface area contributed by atoms with E-state index in [1.165, 1.54) is 11.1 Å². The van der Waals surface area contributed by atoms with E-state index < -0.39 is 9.76 Å². The predicted octanol–water partition coefficient (Wildman–Crippen LogP) is 0.979. The Kier molecular flexibility index (Phi) is 3.32. The summed E-state index contributed by atoms with van der Waals surface area (Å²) in [5, 5.41) is 1.15. The van der Waals surface area contributed by atoms with E-state index in [0.29, 0.717) is 0 Å². The Hall–Kier alpha value is -1.38. The van der Waals surface area contributed by atoms with E-state index in [4.69, 9.17) is 0 Å². The molecule has 0 radical (unpaired) electrons. The van der Waals surface area contributed by atoms with Crippen LogP contribution < -0.4 is 5.19 Å². The van der Waals surface area contributed by atoms with Crippen molar-refractivity contribution in [3.8, 4) is 0 Å². The third-order valence-corrected chi connectivity index (χ3v) is 3.56. The van der Waals surface area contributed by atoms with Gasteiger partial charge >= 0.3 is 0 Å². The largest absolute Gasteiger partial charge is 0.433 e. The second-order valence-electron chi connectivity index (χ2n) is 3.59. The SMILES string of the molecule is O[SiH2]c1ccccc1Cc1ccccc1. The molecular weight excluding hydrogens is 200 g/mol. The first-order chi connectivity index (χ1) is 7.40. The van der Waals surface area contributed by atoms with Gasteiger partial charge in [0, 0.05) is 0 Å². The molecule has 0 saturated heterocycles. The number of hydrogen-bond acceptors (Lipinski definition) is 1. The van der Waals surface area contributed by atoms with Gasteiger partial charge in [0.05, 0.1) is 0 Å². The molecule has 0 aliphatic rings. The first-order valence-corrected chi connectivity index (χ1v) is 6.45. The van der Waals surface area contributed by atoms with Crippen LogP contribution in [0, 0.1) is 0 Å². The van der Waals surface area contributed by atoms with E-state index in [-0.39, 0.29) is 0 Å². The fourth-order valence-corrected chi connectivity index (χ4v) is 2.39. The van der Waals surface area contributed by atoms with Gasteiger partial charge in [-0.25, -0.2) is 0 Å². The predicted molar refractivity (Wildman–Crippen MR) is 66.1 cm³/mol. The van der Waals surface area contributed by atoms with Crippen LogP contribution in [0.2, 0.25) is 0 Å². The molecule has 2 heteroatoms. The van der Waals surface area contributed by atoms with Gasteiger partial charge in [-0.1, -0.05) is 54.6 Å². The maximum Gasteiger partial charge on any atom is 0.188 e. The van der Waals surface area contributed by atoms with Crippen LogP contribution in [-0.2, 0) is 6.42 Å². The van der Waals surface area contributed by atoms with Crippen LogP contribution >= 0.6 is 0 Å². The van der Waals surface area contributed by atoms with Gasteiger partial charge in [0.2, 0.25) is 0 Å². The molecule has 0 atom stereocenters. The van der Waals surface area contributed by atoms with E-state index in [2.05, 4.69) is 18.2 Å². The van der Waals surface area contributed by atoms with Crippen LogP contribution in [0.1, 0.15) is 11.1 Å². The molecule has 0 fully saturated rings. The quantitative estimate of drug-likeness (QED) is 0.755. The molecule has 2 aromatic carbocycles. The number of hydrogen-bond donors (Lipinski definition) is 1. The topological polar surface area (TPSA) is 20.2 Å². The Morgan fingerprint density at radius 3 is 2.27 bits per heavy atom. The maximum atomic E-state index is 9.34. The van der Waals surface area contributed by atoms with Crippen LogP contribution in [0.4, 0.5) is 0 Å². The molecule has 76 valence electrons. The Morgan fingerprint density at radius 1 is 0.867 bits per heavy atom. The average Bonchev–Trinajstić information content (AvgIpc) is 2.31. The first kappa shape index (κ1) is 10.1. The Labute approximate surface area is 92.3 Å². The monoisotopic (exact) mass is 214 g/mol. The van der Waals surface area contributed by atoms with E-state index >= 15 is 0 Å². The van der Waals surface area contributed by atoms with E-state index in [1.54, 1.807) is 0 Å². The second-order valence-corrected chi connectivity index (χ2v) is 4.67. The van der Waals surface area contributed by atoms with Gasteiger partial charge in [0.25, 0.3) is 0 Å². The standard InChI is InChI=1S/C13H14OSi/c14-15-13-9-5-4-8-12(13)10-11-6-2-1-3-7-11/h1-9,14H,10,15H2. The highest BCUT2D eigenvalue weighted by molar-refractivity contribution is 6.46. The second kappa shape index (κ2) is 4.91. The lowest BCUT2D eigenvalue weighted by atomic mass is 10.1. The first-order valence-electron chi connectivity index (χ1n) is 5.11. The van der Waals surface area contributed by atoms with Crippen molar-refractivity contribution in [1.29, 1.82) is 0 Å². The number of rotatable bonds is 3. The molecule has 0 aliphatic heterocycles. The molecule has 0 unspecified atom stereocenters. The molecule has 0 saturated carbocycles. The van der Waals surface area contributed by atoms with Gasteiger partial charge in [-0.2, -0.15) is 0 Å². The zero-order valence-electron chi connectivity index (χ0n) is 8.56. The molecule has 0 spiro atoms. The van der Waals surface area contributed by atoms with Gasteiger partial charge in [0.15, 0.2) is 9.76 Å². The van der Waals surface area contributed by atoms with E-state index in [0.717, 1.165) is 11.6 Å². The lowest BCUT2D eigenvalue weighted by molar-refractivity contribution is 0.615. The van der Waals surface area contributed by atoms with Crippen molar-refractivity contribution in [2.24, 2.45) is 0 Å². The number of benzene rings is 2. The van der Waals surface area contributed by atoms with Crippen molar-refractivity contribution < 1.29 is 4.80 Å². The molecule has 1 N–H and O–H groups in total. The highest BCUT2D eigenvalue weighted by Gasteiger charge is 2.01. The third kappa shape index (κ3) is 2.55. The van der Waals surface area contributed by atoms with E-state index in [1.807, 2.05) is 36.4 Å². The van der Waals surface area contributed by atoms with Crippen LogP contribution in [0.3, 0.4) is 0 Å². The van der Waals surface area contributed by atoms with Crippen molar-refractivity contribution in [3.05, 3.63) is 65.7 Å². The Morgan fingerprint density at radius 2 is 1.53 bits per heavy atom. The summed E-state index contributed by atoms with van der Waals surface area (Å²) in [5.41, 5.74) is 2.56. The van der Waals surface area contributed by atoms with Crippen molar-refractivity contribution in [1.82, 2.24) is 0 Å². The third-order valence-electron chi connectivity index (χ3n) is 2.53. The molecule has 0 bridgehead atoms. The molecule has 15 heavy (non-hydrogen) atoms. The van der Waals surface area contributed by atoms with Crippen molar-refractivity contribution in [3.63, 3.8) is 0 Å². The summed E-state index contributed by atoms with van der Waals surface area (Å²) in [4.78, 5) is 9.34. The summed E-state index contributed by atoms with van der Waals surface area (Å²) in [6.45, 7) is 0. The van der Waals surface area contributed by atoms with Gasteiger partial charge in [-0.3, -0.25) is 0 Å². The van der Waals surface area contributed by atoms with Crippen LogP contribution in [0.5, 0.6) is 0 Å². The minimum Gasteiger partial charge on any atom is -0.433 e. The van der Waals surface area contributed by atoms with Crippen LogP contribution in [0.15, 0.2) is 54.6 Å². The molecule has 0 heterocycles. The molecule has 0 aliphatic carbocycles. The van der Waals surface area contributed by atoms with Gasteiger partial charge in [-0.05, 0) is 22.7 Å². The minimum absolute atomic E-state index is 0.921. The average molecular weight is 214 g/mol. The lowest BCUT2D eigenvalue weighted by Gasteiger charge is -2.06. The molecule has 0 amide bonds. The maximum absolute atomic E-state index is 9.34. The van der Waals surface area contributed by atoms with Crippen molar-refractivity contribution in [2.75, 3.05) is 0 Å². The Bertz CT molecular complexity index is 426. The summed E-state index contributed by atoms with van der Waals surface area (Å²) < 4.78 is 0. The molecule has 1 nitrogen and oxygen atoms in total. The van der Waals surface area contributed by atoms with Gasteiger partial charge < -0.3 is 4.80 Å². The zero-order valence-corrected chi connectivity index (χ0v) is 9.97. The molecule has 2 rings (SSSR count). The van der Waals surface area contributed by atoms with Crippen molar-refractivity contribution >= 4 is 14.9 Å². The highest BCUT2D eigenvalue weighted by Crippen LogP contribution is 2.06. The minimum atomic E-state index is -1.05. The lowest BCUT2D eigenvalue weighted by Crippen LogP contribution is -2.18. The highest BCUT2D eigenvalue weighted by atomic mass is 28.2. The van der Waals surface area contributed by atoms with Crippen molar-refractivity contribution in [2.45, 2.75) is 6.42 Å². The molecular formula is C13H14OSi. The smallest absolute Gasteiger partial charge is 0.188 e. The molecule has 2 aromatic rings. The molecule has 0 aromatic heterocycles. The summed E-state index contributed by atoms with van der Waals surface area (Å²) in [7, 11) is -1.05. The zero-order chi connectivity index (χ0) is 10.5. The summed E-state index contributed by atoms with van der Waals surface area (Å²) in [6, 6.07) is 18.5. The fourth-order valence-electron chi connectivity index (χ4n) is 1.70. The summed E-state index contributed by atoms with van der Waals surface area (Å²) >= 11 is 0. The Balaban J connectivity index is 2.24.